The van der Waals surface area contributed by atoms with Gasteiger partial charge in [-0.05, 0) is 29.9 Å². The molecule has 1 aromatic heterocycles. The average Bonchev–Trinajstić information content (AvgIpc) is 3.31. The molecule has 0 radical (unpaired) electrons. The number of nitrogens with zero attached hydrogens (tertiary/aromatic N) is 2. The second-order valence-corrected chi connectivity index (χ2v) is 9.53. The van der Waals surface area contributed by atoms with Crippen molar-refractivity contribution in [1.29, 1.82) is 0 Å². The number of carbonyl (C=O) groups excluding carboxylic acids is 2. The summed E-state index contributed by atoms with van der Waals surface area (Å²) in [6.07, 6.45) is 9.74. The number of thiophene rings is 1. The van der Waals surface area contributed by atoms with Crippen LogP contribution in [-0.4, -0.2) is 34.7 Å². The lowest BCUT2D eigenvalue weighted by atomic mass is 10.1. The maximum absolute atomic E-state index is 13.3. The second kappa shape index (κ2) is 15.6. The molecule has 2 rings (SSSR count). The van der Waals surface area contributed by atoms with Crippen molar-refractivity contribution >= 4 is 23.2 Å². The fourth-order valence-corrected chi connectivity index (χ4v) is 4.56. The first-order valence-corrected chi connectivity index (χ1v) is 13.1. The van der Waals surface area contributed by atoms with Crippen LogP contribution in [-0.2, 0) is 22.7 Å². The largest absolute Gasteiger partial charge is 0.333 e. The Balaban J connectivity index is 1.91. The Morgan fingerprint density at radius 1 is 0.750 bits per heavy atom. The predicted octanol–water partition coefficient (Wildman–Crippen LogP) is 6.66. The number of hydrogen-bond donors (Lipinski definition) is 0. The molecule has 2 amide bonds. The summed E-state index contributed by atoms with van der Waals surface area (Å²) in [5.74, 6) is 0.133. The molecule has 0 N–H and O–H groups in total. The molecule has 176 valence electrons. The molecule has 4 nitrogen and oxygen atoms in total. The van der Waals surface area contributed by atoms with E-state index in [2.05, 4.69) is 19.9 Å². The fourth-order valence-electron chi connectivity index (χ4n) is 3.84. The number of benzene rings is 1. The van der Waals surface area contributed by atoms with E-state index in [9.17, 15) is 9.59 Å². The van der Waals surface area contributed by atoms with Gasteiger partial charge in [0.2, 0.25) is 11.8 Å². The van der Waals surface area contributed by atoms with E-state index in [1.807, 2.05) is 46.7 Å². The minimum atomic E-state index is 0.0172. The summed E-state index contributed by atoms with van der Waals surface area (Å²) in [4.78, 5) is 30.9. The van der Waals surface area contributed by atoms with Crippen LogP contribution in [0.4, 0.5) is 0 Å². The zero-order chi connectivity index (χ0) is 23.0. The Labute approximate surface area is 198 Å². The Kier molecular flexibility index (Phi) is 12.8. The van der Waals surface area contributed by atoms with Crippen LogP contribution in [0, 0.1) is 0 Å². The van der Waals surface area contributed by atoms with Gasteiger partial charge < -0.3 is 9.80 Å². The predicted molar refractivity (Wildman–Crippen MR) is 134 cm³/mol. The molecule has 1 heterocycles. The third-order valence-corrected chi connectivity index (χ3v) is 6.52. The van der Waals surface area contributed by atoms with E-state index in [1.165, 1.54) is 32.1 Å². The Morgan fingerprint density at radius 3 is 2.12 bits per heavy atom. The van der Waals surface area contributed by atoms with Crippen molar-refractivity contribution in [2.24, 2.45) is 0 Å². The Bertz CT molecular complexity index is 761. The molecule has 0 saturated carbocycles. The highest BCUT2D eigenvalue weighted by Crippen LogP contribution is 2.16. The van der Waals surface area contributed by atoms with Gasteiger partial charge in [0, 0.05) is 24.4 Å². The van der Waals surface area contributed by atoms with E-state index in [0.717, 1.165) is 29.7 Å². The van der Waals surface area contributed by atoms with E-state index in [0.29, 0.717) is 26.1 Å². The molecule has 0 saturated heterocycles. The van der Waals surface area contributed by atoms with Crippen molar-refractivity contribution in [1.82, 2.24) is 9.80 Å². The quantitative estimate of drug-likeness (QED) is 0.265. The monoisotopic (exact) mass is 456 g/mol. The van der Waals surface area contributed by atoms with Gasteiger partial charge in [-0.3, -0.25) is 9.59 Å². The van der Waals surface area contributed by atoms with E-state index in [-0.39, 0.29) is 18.4 Å². The van der Waals surface area contributed by atoms with E-state index >= 15 is 0 Å². The van der Waals surface area contributed by atoms with Gasteiger partial charge >= 0.3 is 0 Å². The summed E-state index contributed by atoms with van der Waals surface area (Å²) in [5, 5.41) is 2.04. The molecule has 0 atom stereocenters. The van der Waals surface area contributed by atoms with Gasteiger partial charge in [-0.2, -0.15) is 0 Å². The molecule has 0 aliphatic carbocycles. The van der Waals surface area contributed by atoms with Crippen LogP contribution in [0.5, 0.6) is 0 Å². The molecule has 32 heavy (non-hydrogen) atoms. The molecular weight excluding hydrogens is 416 g/mol. The van der Waals surface area contributed by atoms with Crippen molar-refractivity contribution in [3.05, 3.63) is 58.3 Å². The SMILES string of the molecule is CCCCCCCCCC(=O)N(CCC)CC(=O)N(Cc1ccccc1)Cc1cccs1. The lowest BCUT2D eigenvalue weighted by Crippen LogP contribution is -2.42. The third-order valence-electron chi connectivity index (χ3n) is 5.66. The van der Waals surface area contributed by atoms with Crippen LogP contribution in [0.3, 0.4) is 0 Å². The maximum Gasteiger partial charge on any atom is 0.242 e. The van der Waals surface area contributed by atoms with Crippen molar-refractivity contribution in [2.45, 2.75) is 84.7 Å². The van der Waals surface area contributed by atoms with Crippen LogP contribution in [0.1, 0.15) is 82.1 Å². The van der Waals surface area contributed by atoms with Crippen molar-refractivity contribution in [3.8, 4) is 0 Å². The average molecular weight is 457 g/mol. The Morgan fingerprint density at radius 2 is 1.47 bits per heavy atom. The zero-order valence-electron chi connectivity index (χ0n) is 19.9. The molecule has 5 heteroatoms. The summed E-state index contributed by atoms with van der Waals surface area (Å²) < 4.78 is 0. The molecule has 0 aliphatic heterocycles. The molecule has 0 fully saturated rings. The highest BCUT2D eigenvalue weighted by Gasteiger charge is 2.21. The van der Waals surface area contributed by atoms with E-state index in [4.69, 9.17) is 0 Å². The maximum atomic E-state index is 13.3. The fraction of sp³-hybridized carbons (Fsp3) is 0.556. The summed E-state index contributed by atoms with van der Waals surface area (Å²) in [6.45, 7) is 6.23. The molecular formula is C27H40N2O2S. The van der Waals surface area contributed by atoms with E-state index < -0.39 is 0 Å². The molecule has 2 aromatic rings. The van der Waals surface area contributed by atoms with Crippen LogP contribution < -0.4 is 0 Å². The minimum absolute atomic E-state index is 0.0172. The third kappa shape index (κ3) is 9.99. The normalized spacial score (nSPS) is 10.8. The standard InChI is InChI=1S/C27H40N2O2S/c1-3-5-6-7-8-9-13-18-26(30)28(19-4-2)23-27(31)29(22-25-17-14-20-32-25)21-24-15-11-10-12-16-24/h10-12,14-17,20H,3-9,13,18-19,21-23H2,1-2H3. The number of carbonyl (C=O) groups is 2. The molecule has 1 aromatic carbocycles. The highest BCUT2D eigenvalue weighted by molar-refractivity contribution is 7.09. The first-order chi connectivity index (χ1) is 15.6. The number of amides is 2. The summed E-state index contributed by atoms with van der Waals surface area (Å²) in [7, 11) is 0. The lowest BCUT2D eigenvalue weighted by molar-refractivity contribution is -0.141. The summed E-state index contributed by atoms with van der Waals surface area (Å²) in [6, 6.07) is 14.1. The molecule has 0 unspecified atom stereocenters. The Hall–Kier alpha value is -2.14. The molecule has 0 spiro atoms. The zero-order valence-corrected chi connectivity index (χ0v) is 20.7. The first kappa shape index (κ1) is 26.1. The van der Waals surface area contributed by atoms with Gasteiger partial charge in [-0.15, -0.1) is 11.3 Å². The van der Waals surface area contributed by atoms with Crippen molar-refractivity contribution in [2.75, 3.05) is 13.1 Å². The number of rotatable bonds is 16. The van der Waals surface area contributed by atoms with Gasteiger partial charge in [0.25, 0.3) is 0 Å². The van der Waals surface area contributed by atoms with Gasteiger partial charge in [-0.25, -0.2) is 0 Å². The van der Waals surface area contributed by atoms with Gasteiger partial charge in [0.15, 0.2) is 0 Å². The van der Waals surface area contributed by atoms with Crippen molar-refractivity contribution < 1.29 is 9.59 Å². The van der Waals surface area contributed by atoms with Gasteiger partial charge in [0.1, 0.15) is 0 Å². The van der Waals surface area contributed by atoms with Crippen LogP contribution >= 0.6 is 11.3 Å². The summed E-state index contributed by atoms with van der Waals surface area (Å²) in [5.41, 5.74) is 1.11. The van der Waals surface area contributed by atoms with Gasteiger partial charge in [0.05, 0.1) is 13.1 Å². The smallest absolute Gasteiger partial charge is 0.242 e. The lowest BCUT2D eigenvalue weighted by Gasteiger charge is -2.27. The van der Waals surface area contributed by atoms with Crippen LogP contribution in [0.2, 0.25) is 0 Å². The van der Waals surface area contributed by atoms with Crippen molar-refractivity contribution in [3.63, 3.8) is 0 Å². The molecule has 0 aliphatic rings. The molecule has 0 bridgehead atoms. The van der Waals surface area contributed by atoms with Crippen LogP contribution in [0.15, 0.2) is 47.8 Å². The number of hydrogen-bond acceptors (Lipinski definition) is 3. The number of unbranched alkanes of at least 4 members (excludes halogenated alkanes) is 6. The highest BCUT2D eigenvalue weighted by atomic mass is 32.1. The minimum Gasteiger partial charge on any atom is -0.333 e. The van der Waals surface area contributed by atoms with Crippen LogP contribution in [0.25, 0.3) is 0 Å². The first-order valence-electron chi connectivity index (χ1n) is 12.3. The van der Waals surface area contributed by atoms with Gasteiger partial charge in [-0.1, -0.05) is 88.8 Å². The van der Waals surface area contributed by atoms with E-state index in [1.54, 1.807) is 16.2 Å². The topological polar surface area (TPSA) is 40.6 Å². The second-order valence-electron chi connectivity index (χ2n) is 8.50. The summed E-state index contributed by atoms with van der Waals surface area (Å²) >= 11 is 1.66.